The second-order valence-electron chi connectivity index (χ2n) is 8.19. The molecule has 3 nitrogen and oxygen atoms in total. The Morgan fingerprint density at radius 3 is 2.58 bits per heavy atom. The molecule has 0 saturated carbocycles. The lowest BCUT2D eigenvalue weighted by molar-refractivity contribution is -0.121. The average Bonchev–Trinajstić information content (AvgIpc) is 3.22. The molecule has 0 aliphatic heterocycles. The molecule has 0 aliphatic rings. The van der Waals surface area contributed by atoms with Crippen LogP contribution in [0.1, 0.15) is 47.1 Å². The van der Waals surface area contributed by atoms with E-state index in [4.69, 9.17) is 0 Å². The highest BCUT2D eigenvalue weighted by atomic mass is 16.1. The smallest absolute Gasteiger partial charge is 0.220 e. The van der Waals surface area contributed by atoms with E-state index in [9.17, 15) is 4.79 Å². The monoisotopic (exact) mass is 410 g/mol. The molecular weight excluding hydrogens is 380 g/mol. The van der Waals surface area contributed by atoms with Gasteiger partial charge in [0.15, 0.2) is 0 Å². The third-order valence-electron chi connectivity index (χ3n) is 6.00. The number of aryl methyl sites for hydroxylation is 2. The van der Waals surface area contributed by atoms with Crippen LogP contribution in [0.25, 0.3) is 10.9 Å². The number of hydrogen-bond acceptors (Lipinski definition) is 1. The summed E-state index contributed by atoms with van der Waals surface area (Å²) in [7, 11) is 0. The maximum absolute atomic E-state index is 12.9. The SMILES string of the molecule is CCc1cccc2c([C@H](CC(=O)NCCc3ccccc3)c3cccc(C)c3)c[nH]c12. The third-order valence-corrected chi connectivity index (χ3v) is 6.00. The van der Waals surface area contributed by atoms with Crippen LogP contribution in [0.4, 0.5) is 0 Å². The van der Waals surface area contributed by atoms with Gasteiger partial charge in [-0.05, 0) is 42.0 Å². The Kier molecular flexibility index (Phi) is 6.51. The first-order chi connectivity index (χ1) is 15.2. The Morgan fingerprint density at radius 2 is 1.81 bits per heavy atom. The number of nitrogens with one attached hydrogen (secondary N) is 2. The van der Waals surface area contributed by atoms with E-state index in [1.165, 1.54) is 38.7 Å². The summed E-state index contributed by atoms with van der Waals surface area (Å²) in [5.74, 6) is 0.0981. The van der Waals surface area contributed by atoms with E-state index in [0.717, 1.165) is 12.8 Å². The van der Waals surface area contributed by atoms with Crippen molar-refractivity contribution in [2.24, 2.45) is 0 Å². The van der Waals surface area contributed by atoms with Crippen molar-refractivity contribution < 1.29 is 4.79 Å². The second kappa shape index (κ2) is 9.65. The van der Waals surface area contributed by atoms with Crippen molar-refractivity contribution in [3.63, 3.8) is 0 Å². The van der Waals surface area contributed by atoms with Gasteiger partial charge >= 0.3 is 0 Å². The molecule has 0 aliphatic carbocycles. The van der Waals surface area contributed by atoms with E-state index in [-0.39, 0.29) is 11.8 Å². The van der Waals surface area contributed by atoms with Gasteiger partial charge in [-0.3, -0.25) is 4.79 Å². The van der Waals surface area contributed by atoms with Gasteiger partial charge < -0.3 is 10.3 Å². The van der Waals surface area contributed by atoms with E-state index >= 15 is 0 Å². The molecule has 158 valence electrons. The number of benzene rings is 3. The molecule has 4 aromatic rings. The highest BCUT2D eigenvalue weighted by molar-refractivity contribution is 5.88. The molecule has 31 heavy (non-hydrogen) atoms. The number of hydrogen-bond donors (Lipinski definition) is 2. The normalized spacial score (nSPS) is 12.1. The molecule has 3 aromatic carbocycles. The number of carbonyl (C=O) groups is 1. The molecule has 0 unspecified atom stereocenters. The van der Waals surface area contributed by atoms with Crippen LogP contribution in [0.15, 0.2) is 79.0 Å². The van der Waals surface area contributed by atoms with Crippen molar-refractivity contribution in [2.75, 3.05) is 6.54 Å². The predicted octanol–water partition coefficient (Wildman–Crippen LogP) is 5.92. The fraction of sp³-hybridized carbons (Fsp3) is 0.250. The van der Waals surface area contributed by atoms with Gasteiger partial charge in [-0.25, -0.2) is 0 Å². The number of aromatic nitrogens is 1. The zero-order valence-electron chi connectivity index (χ0n) is 18.3. The van der Waals surface area contributed by atoms with Gasteiger partial charge in [-0.1, -0.05) is 85.3 Å². The first-order valence-corrected chi connectivity index (χ1v) is 11.1. The molecule has 2 N–H and O–H groups in total. The summed E-state index contributed by atoms with van der Waals surface area (Å²) in [6.07, 6.45) is 4.34. The Morgan fingerprint density at radius 1 is 1.00 bits per heavy atom. The van der Waals surface area contributed by atoms with E-state index in [0.29, 0.717) is 13.0 Å². The van der Waals surface area contributed by atoms with Crippen LogP contribution in [0.3, 0.4) is 0 Å². The maximum Gasteiger partial charge on any atom is 0.220 e. The Bertz CT molecular complexity index is 1160. The summed E-state index contributed by atoms with van der Waals surface area (Å²) >= 11 is 0. The molecule has 1 atom stereocenters. The summed E-state index contributed by atoms with van der Waals surface area (Å²) in [5.41, 5.74) is 7.30. The number of carbonyl (C=O) groups excluding carboxylic acids is 1. The second-order valence-corrected chi connectivity index (χ2v) is 8.19. The number of aromatic amines is 1. The van der Waals surface area contributed by atoms with Gasteiger partial charge in [-0.15, -0.1) is 0 Å². The fourth-order valence-electron chi connectivity index (χ4n) is 4.36. The van der Waals surface area contributed by atoms with Crippen LogP contribution in [-0.4, -0.2) is 17.4 Å². The highest BCUT2D eigenvalue weighted by Crippen LogP contribution is 2.34. The Balaban J connectivity index is 1.58. The molecule has 0 spiro atoms. The van der Waals surface area contributed by atoms with Gasteiger partial charge in [0, 0.05) is 36.0 Å². The number of H-pyrrole nitrogens is 1. The van der Waals surface area contributed by atoms with Crippen molar-refractivity contribution in [1.82, 2.24) is 10.3 Å². The molecule has 0 fully saturated rings. The highest BCUT2D eigenvalue weighted by Gasteiger charge is 2.22. The number of amides is 1. The van der Waals surface area contributed by atoms with Gasteiger partial charge in [-0.2, -0.15) is 0 Å². The Hall–Kier alpha value is -3.33. The number of fused-ring (bicyclic) bond motifs is 1. The minimum atomic E-state index is 0.0116. The standard InChI is InChI=1S/C28H30N2O/c1-3-22-12-8-14-24-26(19-30-28(22)24)25(23-13-7-9-20(2)17-23)18-27(31)29-16-15-21-10-5-4-6-11-21/h4-14,17,19,25,30H,3,15-16,18H2,1-2H3,(H,29,31)/t25-/m1/s1. The third kappa shape index (κ3) is 4.88. The summed E-state index contributed by atoms with van der Waals surface area (Å²) in [5, 5.41) is 4.34. The van der Waals surface area contributed by atoms with Crippen molar-refractivity contribution in [2.45, 2.75) is 39.0 Å². The summed E-state index contributed by atoms with van der Waals surface area (Å²) in [6, 6.07) is 25.2. The van der Waals surface area contributed by atoms with E-state index in [2.05, 4.69) is 84.9 Å². The Labute approximate surface area is 184 Å². The van der Waals surface area contributed by atoms with Crippen LogP contribution < -0.4 is 5.32 Å². The zero-order chi connectivity index (χ0) is 21.6. The molecule has 1 aromatic heterocycles. The average molecular weight is 411 g/mol. The van der Waals surface area contributed by atoms with Gasteiger partial charge in [0.05, 0.1) is 0 Å². The fourth-order valence-corrected chi connectivity index (χ4v) is 4.36. The van der Waals surface area contributed by atoms with Crippen molar-refractivity contribution in [3.8, 4) is 0 Å². The number of rotatable bonds is 8. The largest absolute Gasteiger partial charge is 0.361 e. The van der Waals surface area contributed by atoms with Crippen molar-refractivity contribution >= 4 is 16.8 Å². The molecule has 0 saturated heterocycles. The summed E-state index contributed by atoms with van der Waals surface area (Å²) in [4.78, 5) is 16.4. The van der Waals surface area contributed by atoms with Crippen LogP contribution in [0.5, 0.6) is 0 Å². The molecule has 3 heteroatoms. The van der Waals surface area contributed by atoms with Crippen LogP contribution in [-0.2, 0) is 17.6 Å². The lowest BCUT2D eigenvalue weighted by Gasteiger charge is -2.18. The van der Waals surface area contributed by atoms with E-state index in [1.807, 2.05) is 18.2 Å². The van der Waals surface area contributed by atoms with Crippen LogP contribution in [0.2, 0.25) is 0 Å². The first-order valence-electron chi connectivity index (χ1n) is 11.1. The summed E-state index contributed by atoms with van der Waals surface area (Å²) < 4.78 is 0. The molecule has 4 rings (SSSR count). The van der Waals surface area contributed by atoms with Crippen LogP contribution >= 0.6 is 0 Å². The summed E-state index contributed by atoms with van der Waals surface area (Å²) in [6.45, 7) is 4.93. The molecular formula is C28H30N2O. The molecule has 0 radical (unpaired) electrons. The maximum atomic E-state index is 12.9. The van der Waals surface area contributed by atoms with Crippen molar-refractivity contribution in [3.05, 3.63) is 107 Å². The lowest BCUT2D eigenvalue weighted by Crippen LogP contribution is -2.27. The minimum Gasteiger partial charge on any atom is -0.361 e. The van der Waals surface area contributed by atoms with Crippen LogP contribution in [0, 0.1) is 6.92 Å². The predicted molar refractivity (Wildman–Crippen MR) is 128 cm³/mol. The van der Waals surface area contributed by atoms with Gasteiger partial charge in [0.1, 0.15) is 0 Å². The van der Waals surface area contributed by atoms with Crippen molar-refractivity contribution in [1.29, 1.82) is 0 Å². The molecule has 1 heterocycles. The van der Waals surface area contributed by atoms with E-state index in [1.54, 1.807) is 0 Å². The van der Waals surface area contributed by atoms with Gasteiger partial charge in [0.2, 0.25) is 5.91 Å². The minimum absolute atomic E-state index is 0.0116. The topological polar surface area (TPSA) is 44.9 Å². The lowest BCUT2D eigenvalue weighted by atomic mass is 9.87. The first kappa shape index (κ1) is 20.9. The molecule has 0 bridgehead atoms. The number of para-hydroxylation sites is 1. The van der Waals surface area contributed by atoms with Gasteiger partial charge in [0.25, 0.3) is 0 Å². The zero-order valence-corrected chi connectivity index (χ0v) is 18.3. The quantitative estimate of drug-likeness (QED) is 0.372. The molecule has 1 amide bonds. The van der Waals surface area contributed by atoms with E-state index < -0.39 is 0 Å².